The maximum absolute atomic E-state index is 13.1. The summed E-state index contributed by atoms with van der Waals surface area (Å²) in [6.07, 6.45) is 1.61. The first-order chi connectivity index (χ1) is 9.94. The Kier molecular flexibility index (Phi) is 4.95. The molecule has 5 nitrogen and oxygen atoms in total. The second-order valence-corrected chi connectivity index (χ2v) is 7.08. The van der Waals surface area contributed by atoms with Gasteiger partial charge in [0.1, 0.15) is 5.82 Å². The van der Waals surface area contributed by atoms with Crippen LogP contribution in [0.3, 0.4) is 0 Å². The fraction of sp³-hybridized carbons (Fsp3) is 0.500. The van der Waals surface area contributed by atoms with Gasteiger partial charge in [-0.15, -0.1) is 0 Å². The molecule has 1 aromatic carbocycles. The minimum atomic E-state index is -3.65. The highest BCUT2D eigenvalue weighted by molar-refractivity contribution is 7.90. The number of rotatable bonds is 5. The summed E-state index contributed by atoms with van der Waals surface area (Å²) in [4.78, 5) is 11.6. The Morgan fingerprint density at radius 3 is 2.86 bits per heavy atom. The molecule has 1 saturated carbocycles. The minimum absolute atomic E-state index is 0.00445. The van der Waals surface area contributed by atoms with Gasteiger partial charge in [0.2, 0.25) is 10.0 Å². The zero-order valence-electron chi connectivity index (χ0n) is 11.7. The molecular weight excluding hydrogens is 297 g/mol. The molecule has 1 N–H and O–H groups in total. The van der Waals surface area contributed by atoms with Crippen LogP contribution in [0.2, 0.25) is 0 Å². The van der Waals surface area contributed by atoms with E-state index in [2.05, 4.69) is 9.46 Å². The van der Waals surface area contributed by atoms with Crippen molar-refractivity contribution in [3.05, 3.63) is 35.6 Å². The van der Waals surface area contributed by atoms with E-state index < -0.39 is 33.0 Å². The third-order valence-corrected chi connectivity index (χ3v) is 5.63. The molecule has 1 aliphatic rings. The lowest BCUT2D eigenvalue weighted by molar-refractivity contribution is -0.145. The number of nitrogens with one attached hydrogen (secondary N) is 1. The van der Waals surface area contributed by atoms with E-state index in [0.717, 1.165) is 0 Å². The van der Waals surface area contributed by atoms with Crippen molar-refractivity contribution in [2.24, 2.45) is 5.92 Å². The largest absolute Gasteiger partial charge is 0.469 e. The first kappa shape index (κ1) is 15.9. The lowest BCUT2D eigenvalue weighted by Gasteiger charge is -2.18. The highest BCUT2D eigenvalue weighted by Gasteiger charge is 2.41. The van der Waals surface area contributed by atoms with Gasteiger partial charge in [-0.25, -0.2) is 17.5 Å². The summed E-state index contributed by atoms with van der Waals surface area (Å²) in [6.45, 7) is 0.00445. The van der Waals surface area contributed by atoms with E-state index in [1.165, 1.54) is 25.3 Å². The third kappa shape index (κ3) is 3.79. The monoisotopic (exact) mass is 315 g/mol. The van der Waals surface area contributed by atoms with Crippen LogP contribution >= 0.6 is 0 Å². The normalized spacial score (nSPS) is 22.2. The number of hydrogen-bond acceptors (Lipinski definition) is 4. The summed E-state index contributed by atoms with van der Waals surface area (Å²) >= 11 is 0. The summed E-state index contributed by atoms with van der Waals surface area (Å²) in [6, 6.07) is 5.72. The molecule has 0 spiro atoms. The molecule has 1 aromatic rings. The second kappa shape index (κ2) is 6.53. The zero-order valence-corrected chi connectivity index (χ0v) is 12.5. The van der Waals surface area contributed by atoms with Gasteiger partial charge in [0.25, 0.3) is 0 Å². The van der Waals surface area contributed by atoms with Crippen LogP contribution in [0.5, 0.6) is 0 Å². The Morgan fingerprint density at radius 1 is 1.43 bits per heavy atom. The molecule has 2 atom stereocenters. The summed E-state index contributed by atoms with van der Waals surface area (Å²) in [5.74, 6) is -1.53. The Balaban J connectivity index is 2.06. The first-order valence-corrected chi connectivity index (χ1v) is 8.29. The van der Waals surface area contributed by atoms with E-state index in [1.807, 2.05) is 0 Å². The highest BCUT2D eigenvalue weighted by atomic mass is 32.2. The van der Waals surface area contributed by atoms with Crippen LogP contribution in [-0.4, -0.2) is 26.7 Å². The van der Waals surface area contributed by atoms with Crippen molar-refractivity contribution in [3.63, 3.8) is 0 Å². The maximum Gasteiger partial charge on any atom is 0.310 e. The Bertz CT molecular complexity index is 617. The summed E-state index contributed by atoms with van der Waals surface area (Å²) < 4.78 is 44.8. The number of halogens is 1. The predicted molar refractivity (Wildman–Crippen MR) is 75.3 cm³/mol. The molecule has 0 aromatic heterocycles. The Morgan fingerprint density at radius 2 is 2.19 bits per heavy atom. The average Bonchev–Trinajstić information content (AvgIpc) is 2.95. The molecule has 21 heavy (non-hydrogen) atoms. The minimum Gasteiger partial charge on any atom is -0.469 e. The molecule has 0 radical (unpaired) electrons. The fourth-order valence-electron chi connectivity index (χ4n) is 2.66. The SMILES string of the molecule is COC(=O)C1CCCC1S(=O)(=O)NCc1cccc(F)c1. The zero-order chi connectivity index (χ0) is 15.5. The smallest absolute Gasteiger partial charge is 0.310 e. The van der Waals surface area contributed by atoms with Crippen molar-refractivity contribution in [2.45, 2.75) is 31.1 Å². The third-order valence-electron chi connectivity index (χ3n) is 3.72. The predicted octanol–water partition coefficient (Wildman–Crippen LogP) is 1.59. The van der Waals surface area contributed by atoms with Crippen LogP contribution in [0.1, 0.15) is 24.8 Å². The molecule has 2 rings (SSSR count). The summed E-state index contributed by atoms with van der Waals surface area (Å²) in [5.41, 5.74) is 0.534. The maximum atomic E-state index is 13.1. The summed E-state index contributed by atoms with van der Waals surface area (Å²) in [5, 5.41) is -0.779. The van der Waals surface area contributed by atoms with Crippen LogP contribution in [0, 0.1) is 11.7 Å². The first-order valence-electron chi connectivity index (χ1n) is 6.75. The number of sulfonamides is 1. The number of esters is 1. The topological polar surface area (TPSA) is 72.5 Å². The Hall–Kier alpha value is -1.47. The van der Waals surface area contributed by atoms with Crippen molar-refractivity contribution in [2.75, 3.05) is 7.11 Å². The number of methoxy groups -OCH3 is 1. The van der Waals surface area contributed by atoms with Crippen molar-refractivity contribution < 1.29 is 22.3 Å². The van der Waals surface area contributed by atoms with E-state index >= 15 is 0 Å². The molecule has 0 heterocycles. The Labute approximate surface area is 123 Å². The molecule has 2 unspecified atom stereocenters. The highest BCUT2D eigenvalue weighted by Crippen LogP contribution is 2.31. The molecule has 0 aliphatic heterocycles. The molecule has 1 fully saturated rings. The van der Waals surface area contributed by atoms with Crippen LogP contribution in [-0.2, 0) is 26.1 Å². The van der Waals surface area contributed by atoms with E-state index in [1.54, 1.807) is 6.07 Å². The fourth-order valence-corrected chi connectivity index (χ4v) is 4.39. The number of hydrogen-bond donors (Lipinski definition) is 1. The quantitative estimate of drug-likeness (QED) is 0.838. The molecule has 7 heteroatoms. The average molecular weight is 315 g/mol. The van der Waals surface area contributed by atoms with Crippen LogP contribution in [0.15, 0.2) is 24.3 Å². The second-order valence-electron chi connectivity index (χ2n) is 5.10. The van der Waals surface area contributed by atoms with Gasteiger partial charge in [0.05, 0.1) is 18.3 Å². The van der Waals surface area contributed by atoms with Gasteiger partial charge in [-0.1, -0.05) is 18.6 Å². The number of ether oxygens (including phenoxy) is 1. The van der Waals surface area contributed by atoms with Crippen LogP contribution < -0.4 is 4.72 Å². The van der Waals surface area contributed by atoms with Crippen LogP contribution in [0.25, 0.3) is 0 Å². The number of carbonyl (C=O) groups is 1. The molecular formula is C14H18FNO4S. The van der Waals surface area contributed by atoms with E-state index in [-0.39, 0.29) is 6.54 Å². The van der Waals surface area contributed by atoms with Gasteiger partial charge in [-0.3, -0.25) is 4.79 Å². The van der Waals surface area contributed by atoms with E-state index in [0.29, 0.717) is 24.8 Å². The van der Waals surface area contributed by atoms with Crippen molar-refractivity contribution in [1.29, 1.82) is 0 Å². The van der Waals surface area contributed by atoms with E-state index in [9.17, 15) is 17.6 Å². The standard InChI is InChI=1S/C14H18FNO4S/c1-20-14(17)12-6-3-7-13(12)21(18,19)16-9-10-4-2-5-11(15)8-10/h2,4-5,8,12-13,16H,3,6-7,9H2,1H3. The molecule has 116 valence electrons. The lowest BCUT2D eigenvalue weighted by atomic mass is 10.1. The molecule has 1 aliphatic carbocycles. The van der Waals surface area contributed by atoms with Crippen molar-refractivity contribution in [3.8, 4) is 0 Å². The molecule has 0 amide bonds. The van der Waals surface area contributed by atoms with Gasteiger partial charge >= 0.3 is 5.97 Å². The van der Waals surface area contributed by atoms with Crippen LogP contribution in [0.4, 0.5) is 4.39 Å². The summed E-state index contributed by atoms with van der Waals surface area (Å²) in [7, 11) is -2.39. The van der Waals surface area contributed by atoms with Crippen molar-refractivity contribution in [1.82, 2.24) is 4.72 Å². The van der Waals surface area contributed by atoms with Gasteiger partial charge < -0.3 is 4.74 Å². The van der Waals surface area contributed by atoms with Gasteiger partial charge in [0.15, 0.2) is 0 Å². The number of benzene rings is 1. The van der Waals surface area contributed by atoms with Gasteiger partial charge in [0, 0.05) is 6.54 Å². The number of carbonyl (C=O) groups excluding carboxylic acids is 1. The van der Waals surface area contributed by atoms with Gasteiger partial charge in [-0.2, -0.15) is 0 Å². The van der Waals surface area contributed by atoms with Crippen molar-refractivity contribution >= 4 is 16.0 Å². The molecule has 0 bridgehead atoms. The van der Waals surface area contributed by atoms with E-state index in [4.69, 9.17) is 0 Å². The van der Waals surface area contributed by atoms with Gasteiger partial charge in [-0.05, 0) is 30.5 Å². The lowest BCUT2D eigenvalue weighted by Crippen LogP contribution is -2.39. The molecule has 0 saturated heterocycles.